The minimum Gasteiger partial charge on any atom is -0.378 e. The molecule has 4 nitrogen and oxygen atoms in total. The lowest BCUT2D eigenvalue weighted by Crippen LogP contribution is -2.49. The van der Waals surface area contributed by atoms with Crippen molar-refractivity contribution in [3.05, 3.63) is 0 Å². The Balaban J connectivity index is 1.88. The molecule has 0 aromatic carbocycles. The molecule has 0 spiro atoms. The summed E-state index contributed by atoms with van der Waals surface area (Å²) in [5.41, 5.74) is 0. The summed E-state index contributed by atoms with van der Waals surface area (Å²) in [6.07, 6.45) is 1.52. The third kappa shape index (κ3) is 2.95. The van der Waals surface area contributed by atoms with E-state index in [1.54, 1.807) is 0 Å². The van der Waals surface area contributed by atoms with Crippen molar-refractivity contribution in [2.24, 2.45) is 5.92 Å². The molecule has 1 unspecified atom stereocenters. The first-order chi connectivity index (χ1) is 7.92. The molecule has 1 N–H and O–H groups in total. The third-order valence-electron chi connectivity index (χ3n) is 3.49. The van der Waals surface area contributed by atoms with Gasteiger partial charge in [0.15, 0.2) is 0 Å². The Labute approximate surface area is 99.8 Å². The van der Waals surface area contributed by atoms with Crippen molar-refractivity contribution in [1.29, 1.82) is 0 Å². The van der Waals surface area contributed by atoms with Crippen LogP contribution in [0.1, 0.15) is 25.7 Å². The number of hydrogen-bond donors (Lipinski definition) is 1. The summed E-state index contributed by atoms with van der Waals surface area (Å²) in [5, 5.41) is -0.570. The number of alkyl halides is 2. The predicted molar refractivity (Wildman–Crippen MR) is 58.4 cm³/mol. The van der Waals surface area contributed by atoms with Gasteiger partial charge in [-0.1, -0.05) is 6.42 Å². The summed E-state index contributed by atoms with van der Waals surface area (Å²) in [6.45, 7) is 0.165. The maximum absolute atomic E-state index is 13.5. The second kappa shape index (κ2) is 4.78. The second-order valence-corrected chi connectivity index (χ2v) is 6.80. The van der Waals surface area contributed by atoms with Crippen molar-refractivity contribution in [1.82, 2.24) is 4.72 Å². The molecule has 0 radical (unpaired) electrons. The van der Waals surface area contributed by atoms with Crippen LogP contribution in [0.3, 0.4) is 0 Å². The van der Waals surface area contributed by atoms with Crippen molar-refractivity contribution >= 4 is 10.0 Å². The average molecular weight is 269 g/mol. The second-order valence-electron chi connectivity index (χ2n) is 4.76. The molecule has 100 valence electrons. The lowest BCUT2D eigenvalue weighted by atomic mass is 9.86. The number of hydrogen-bond acceptors (Lipinski definition) is 3. The molecule has 0 bridgehead atoms. The fourth-order valence-corrected chi connectivity index (χ4v) is 3.37. The van der Waals surface area contributed by atoms with E-state index in [9.17, 15) is 17.2 Å². The molecule has 1 atom stereocenters. The minimum absolute atomic E-state index is 0.133. The molecule has 1 aliphatic heterocycles. The fraction of sp³-hybridized carbons (Fsp3) is 1.00. The van der Waals surface area contributed by atoms with Crippen LogP contribution in [0.2, 0.25) is 0 Å². The van der Waals surface area contributed by atoms with Crippen LogP contribution in [0, 0.1) is 5.92 Å². The number of rotatable bonds is 4. The highest BCUT2D eigenvalue weighted by atomic mass is 32.2. The van der Waals surface area contributed by atoms with Crippen molar-refractivity contribution < 1.29 is 21.9 Å². The van der Waals surface area contributed by atoms with Gasteiger partial charge < -0.3 is 4.74 Å². The molecule has 1 aliphatic carbocycles. The number of halogens is 2. The molecule has 1 saturated carbocycles. The largest absolute Gasteiger partial charge is 0.378 e. The first-order valence-electron chi connectivity index (χ1n) is 5.86. The van der Waals surface area contributed by atoms with Crippen LogP contribution in [-0.2, 0) is 14.8 Å². The van der Waals surface area contributed by atoms with Crippen molar-refractivity contribution in [3.63, 3.8) is 0 Å². The van der Waals surface area contributed by atoms with E-state index < -0.39 is 27.1 Å². The highest BCUT2D eigenvalue weighted by molar-refractivity contribution is 7.90. The van der Waals surface area contributed by atoms with Crippen LogP contribution < -0.4 is 4.72 Å². The first kappa shape index (κ1) is 13.2. The zero-order chi connectivity index (χ0) is 12.5. The van der Waals surface area contributed by atoms with Gasteiger partial charge in [0, 0.05) is 18.9 Å². The topological polar surface area (TPSA) is 55.4 Å². The Bertz CT molecular complexity index is 368. The summed E-state index contributed by atoms with van der Waals surface area (Å²) in [4.78, 5) is 0. The zero-order valence-electron chi connectivity index (χ0n) is 9.49. The van der Waals surface area contributed by atoms with Gasteiger partial charge in [0.1, 0.15) is 5.25 Å². The van der Waals surface area contributed by atoms with Gasteiger partial charge in [0.05, 0.1) is 13.2 Å². The number of ether oxygens (including phenoxy) is 1. The van der Waals surface area contributed by atoms with Gasteiger partial charge >= 0.3 is 0 Å². The Morgan fingerprint density at radius 3 is 2.53 bits per heavy atom. The Morgan fingerprint density at radius 1 is 1.29 bits per heavy atom. The molecule has 1 heterocycles. The first-order valence-corrected chi connectivity index (χ1v) is 7.40. The van der Waals surface area contributed by atoms with Gasteiger partial charge in [-0.3, -0.25) is 0 Å². The SMILES string of the molecule is O=S(=O)(NCC1CCCCC1(F)F)C1COC1. The van der Waals surface area contributed by atoms with Crippen molar-refractivity contribution in [2.75, 3.05) is 19.8 Å². The minimum atomic E-state index is -3.48. The van der Waals surface area contributed by atoms with Gasteiger partial charge in [0.25, 0.3) is 5.92 Å². The van der Waals surface area contributed by atoms with E-state index in [4.69, 9.17) is 4.74 Å². The summed E-state index contributed by atoms with van der Waals surface area (Å²) in [5.74, 6) is -3.61. The standard InChI is InChI=1S/C10H17F2NO3S/c11-10(12)4-2-1-3-8(10)5-13-17(14,15)9-6-16-7-9/h8-9,13H,1-7H2. The molecule has 0 aromatic heterocycles. The fourth-order valence-electron chi connectivity index (χ4n) is 2.15. The van der Waals surface area contributed by atoms with Gasteiger partial charge in [-0.25, -0.2) is 21.9 Å². The molecule has 17 heavy (non-hydrogen) atoms. The van der Waals surface area contributed by atoms with Gasteiger partial charge in [0.2, 0.25) is 10.0 Å². The lowest BCUT2D eigenvalue weighted by Gasteiger charge is -2.32. The van der Waals surface area contributed by atoms with Crippen LogP contribution >= 0.6 is 0 Å². The molecular formula is C10H17F2NO3S. The molecule has 7 heteroatoms. The normalized spacial score (nSPS) is 29.9. The molecular weight excluding hydrogens is 252 g/mol. The van der Waals surface area contributed by atoms with E-state index in [-0.39, 0.29) is 26.2 Å². The molecule has 2 aliphatic rings. The summed E-state index contributed by atoms with van der Waals surface area (Å²) in [6, 6.07) is 0. The molecule has 1 saturated heterocycles. The van der Waals surface area contributed by atoms with Crippen LogP contribution in [0.5, 0.6) is 0 Å². The van der Waals surface area contributed by atoms with E-state index in [0.29, 0.717) is 12.8 Å². The van der Waals surface area contributed by atoms with E-state index in [1.807, 2.05) is 0 Å². The van der Waals surface area contributed by atoms with Crippen molar-refractivity contribution in [3.8, 4) is 0 Å². The maximum atomic E-state index is 13.5. The molecule has 0 aromatic rings. The van der Waals surface area contributed by atoms with E-state index in [0.717, 1.165) is 6.42 Å². The van der Waals surface area contributed by atoms with Crippen LogP contribution in [0.25, 0.3) is 0 Å². The Kier molecular flexibility index (Phi) is 3.70. The van der Waals surface area contributed by atoms with Gasteiger partial charge in [-0.2, -0.15) is 0 Å². The summed E-state index contributed by atoms with van der Waals surface area (Å²) in [7, 11) is -3.48. The predicted octanol–water partition coefficient (Wildman–Crippen LogP) is 1.13. The quantitative estimate of drug-likeness (QED) is 0.832. The van der Waals surface area contributed by atoms with Crippen molar-refractivity contribution in [2.45, 2.75) is 36.9 Å². The van der Waals surface area contributed by atoms with Crippen LogP contribution in [0.4, 0.5) is 8.78 Å². The average Bonchev–Trinajstić information content (AvgIpc) is 2.11. The van der Waals surface area contributed by atoms with Gasteiger partial charge in [-0.05, 0) is 12.8 Å². The van der Waals surface area contributed by atoms with Crippen LogP contribution in [0.15, 0.2) is 0 Å². The molecule has 2 fully saturated rings. The maximum Gasteiger partial charge on any atom is 0.252 e. The van der Waals surface area contributed by atoms with E-state index >= 15 is 0 Å². The number of sulfonamides is 1. The highest BCUT2D eigenvalue weighted by Gasteiger charge is 2.42. The Hall–Kier alpha value is -0.270. The smallest absolute Gasteiger partial charge is 0.252 e. The van der Waals surface area contributed by atoms with Gasteiger partial charge in [-0.15, -0.1) is 0 Å². The third-order valence-corrected chi connectivity index (χ3v) is 5.21. The summed E-state index contributed by atoms with van der Waals surface area (Å²) >= 11 is 0. The van der Waals surface area contributed by atoms with E-state index in [1.165, 1.54) is 0 Å². The zero-order valence-corrected chi connectivity index (χ0v) is 10.3. The number of nitrogens with one attached hydrogen (secondary N) is 1. The molecule has 0 amide bonds. The lowest BCUT2D eigenvalue weighted by molar-refractivity contribution is -0.0828. The summed E-state index contributed by atoms with van der Waals surface area (Å²) < 4.78 is 57.3. The molecule has 2 rings (SSSR count). The monoisotopic (exact) mass is 269 g/mol. The van der Waals surface area contributed by atoms with Crippen LogP contribution in [-0.4, -0.2) is 39.3 Å². The van der Waals surface area contributed by atoms with E-state index in [2.05, 4.69) is 4.72 Å². The Morgan fingerprint density at radius 2 is 2.00 bits per heavy atom. The highest BCUT2D eigenvalue weighted by Crippen LogP contribution is 2.38.